The Morgan fingerprint density at radius 1 is 0.828 bits per heavy atom. The fourth-order valence-electron chi connectivity index (χ4n) is 3.05. The molecule has 0 saturated heterocycles. The molecule has 142 valence electrons. The van der Waals surface area contributed by atoms with Gasteiger partial charge < -0.3 is 10.5 Å². The number of aromatic nitrogens is 2. The summed E-state index contributed by atoms with van der Waals surface area (Å²) < 4.78 is 5.86. The molecule has 0 radical (unpaired) electrons. The number of hydrogen-bond donors (Lipinski definition) is 3. The zero-order chi connectivity index (χ0) is 20.2. The molecule has 0 aliphatic heterocycles. The quantitative estimate of drug-likeness (QED) is 0.363. The minimum atomic E-state index is 0.121. The van der Waals surface area contributed by atoms with Gasteiger partial charge in [-0.25, -0.2) is 4.98 Å². The number of pyridine rings is 2. The normalized spacial score (nSPS) is 10.5. The number of para-hydroxylation sites is 1. The average molecular weight is 382 g/mol. The van der Waals surface area contributed by atoms with Crippen LogP contribution in [-0.4, -0.2) is 15.8 Å². The molecular weight excluding hydrogens is 362 g/mol. The van der Waals surface area contributed by atoms with E-state index in [-0.39, 0.29) is 5.84 Å². The van der Waals surface area contributed by atoms with E-state index in [1.807, 2.05) is 66.7 Å². The van der Waals surface area contributed by atoms with E-state index in [0.717, 1.165) is 22.6 Å². The van der Waals surface area contributed by atoms with Gasteiger partial charge in [0, 0.05) is 23.5 Å². The summed E-state index contributed by atoms with van der Waals surface area (Å²) in [5, 5.41) is 5.91. The zero-order valence-corrected chi connectivity index (χ0v) is 15.6. The predicted molar refractivity (Wildman–Crippen MR) is 114 cm³/mol. The second-order valence-electron chi connectivity index (χ2n) is 6.45. The minimum Gasteiger partial charge on any atom is -0.457 e. The summed E-state index contributed by atoms with van der Waals surface area (Å²) in [5.41, 5.74) is 16.2. The lowest BCUT2D eigenvalue weighted by Crippen LogP contribution is -2.47. The first-order valence-electron chi connectivity index (χ1n) is 9.04. The first-order chi connectivity index (χ1) is 14.1. The van der Waals surface area contributed by atoms with E-state index >= 15 is 0 Å². The van der Waals surface area contributed by atoms with Crippen LogP contribution in [0.15, 0.2) is 85.2 Å². The number of nitrogens with two attached hydrogens (primary N) is 3. The number of rotatable bonds is 5. The molecular formula is C23H20N5O+. The van der Waals surface area contributed by atoms with Gasteiger partial charge in [-0.2, -0.15) is 0 Å². The maximum Gasteiger partial charge on any atom is 0.275 e. The number of nitrogen functional groups attached to an aromatic ring is 1. The fourth-order valence-corrected chi connectivity index (χ4v) is 3.05. The molecule has 0 aliphatic rings. The smallest absolute Gasteiger partial charge is 0.275 e. The highest BCUT2D eigenvalue weighted by Crippen LogP contribution is 2.31. The number of amidine groups is 1. The molecule has 0 amide bonds. The van der Waals surface area contributed by atoms with Gasteiger partial charge in [-0.3, -0.25) is 16.1 Å². The highest BCUT2D eigenvalue weighted by atomic mass is 16.5. The van der Waals surface area contributed by atoms with Crippen molar-refractivity contribution in [3.05, 3.63) is 90.8 Å². The van der Waals surface area contributed by atoms with Gasteiger partial charge in [0.15, 0.2) is 0 Å². The van der Waals surface area contributed by atoms with Crippen LogP contribution in [0.3, 0.4) is 0 Å². The van der Waals surface area contributed by atoms with Gasteiger partial charge in [0.25, 0.3) is 5.84 Å². The van der Waals surface area contributed by atoms with E-state index in [4.69, 9.17) is 26.6 Å². The average Bonchev–Trinajstić information content (AvgIpc) is 2.75. The molecule has 0 unspecified atom stereocenters. The Morgan fingerprint density at radius 3 is 2.14 bits per heavy atom. The Kier molecular flexibility index (Phi) is 4.90. The van der Waals surface area contributed by atoms with E-state index in [1.165, 1.54) is 0 Å². The largest absolute Gasteiger partial charge is 0.457 e. The van der Waals surface area contributed by atoms with Gasteiger partial charge in [-0.05, 0) is 54.6 Å². The van der Waals surface area contributed by atoms with Crippen LogP contribution in [0.2, 0.25) is 0 Å². The highest BCUT2D eigenvalue weighted by molar-refractivity contribution is 6.04. The van der Waals surface area contributed by atoms with Crippen LogP contribution in [0.1, 0.15) is 5.56 Å². The summed E-state index contributed by atoms with van der Waals surface area (Å²) in [7, 11) is 0. The van der Waals surface area contributed by atoms with Crippen molar-refractivity contribution in [2.75, 3.05) is 5.73 Å². The number of nitrogens with zero attached hydrogens (tertiary/aromatic N) is 2. The summed E-state index contributed by atoms with van der Waals surface area (Å²) >= 11 is 0. The summed E-state index contributed by atoms with van der Waals surface area (Å²) in [6.07, 6.45) is 3.42. The lowest BCUT2D eigenvalue weighted by molar-refractivity contribution is -0.114. The molecule has 0 bridgehead atoms. The lowest BCUT2D eigenvalue weighted by Gasteiger charge is -2.12. The van der Waals surface area contributed by atoms with Crippen LogP contribution in [-0.2, 0) is 0 Å². The third-order valence-corrected chi connectivity index (χ3v) is 4.42. The molecule has 4 aromatic rings. The van der Waals surface area contributed by atoms with E-state index in [2.05, 4.69) is 4.98 Å². The standard InChI is InChI=1S/C23H19N5O/c24-19-14-20(15-10-12-27-13-11-15)28-22(21(19)23(25)26)16-6-8-18(9-7-16)29-17-4-2-1-3-5-17/h1-14H,(H2,24,28)(H3,25,26)/p+1. The van der Waals surface area contributed by atoms with Crippen LogP contribution in [0.4, 0.5) is 5.69 Å². The van der Waals surface area contributed by atoms with Crippen molar-refractivity contribution in [2.24, 2.45) is 5.73 Å². The van der Waals surface area contributed by atoms with Gasteiger partial charge >= 0.3 is 0 Å². The van der Waals surface area contributed by atoms with Gasteiger partial charge in [0.2, 0.25) is 0 Å². The second-order valence-corrected chi connectivity index (χ2v) is 6.45. The molecule has 6 nitrogen and oxygen atoms in total. The second kappa shape index (κ2) is 7.82. The first-order valence-corrected chi connectivity index (χ1v) is 9.04. The molecule has 2 heterocycles. The Morgan fingerprint density at radius 2 is 1.48 bits per heavy atom. The minimum absolute atomic E-state index is 0.121. The molecule has 0 aliphatic carbocycles. The monoisotopic (exact) mass is 382 g/mol. The van der Waals surface area contributed by atoms with Gasteiger partial charge in [0.1, 0.15) is 17.1 Å². The maximum absolute atomic E-state index is 6.27. The Labute approximate surface area is 168 Å². The summed E-state index contributed by atoms with van der Waals surface area (Å²) in [6, 6.07) is 22.7. The molecule has 6 heteroatoms. The van der Waals surface area contributed by atoms with E-state index in [1.54, 1.807) is 18.5 Å². The van der Waals surface area contributed by atoms with Crippen molar-refractivity contribution in [2.45, 2.75) is 0 Å². The topological polar surface area (TPSA) is 113 Å². The summed E-state index contributed by atoms with van der Waals surface area (Å²) in [4.78, 5) is 8.83. The Bertz CT molecular complexity index is 1140. The van der Waals surface area contributed by atoms with Crippen LogP contribution in [0, 0.1) is 0 Å². The summed E-state index contributed by atoms with van der Waals surface area (Å²) in [5.74, 6) is 1.60. The molecule has 0 spiro atoms. The van der Waals surface area contributed by atoms with Crippen LogP contribution in [0.5, 0.6) is 11.5 Å². The summed E-state index contributed by atoms with van der Waals surface area (Å²) in [6.45, 7) is 0. The molecule has 4 rings (SSSR count). The molecule has 29 heavy (non-hydrogen) atoms. The zero-order valence-electron chi connectivity index (χ0n) is 15.6. The lowest BCUT2D eigenvalue weighted by atomic mass is 10.0. The van der Waals surface area contributed by atoms with Crippen LogP contribution < -0.4 is 21.6 Å². The van der Waals surface area contributed by atoms with E-state index < -0.39 is 0 Å². The van der Waals surface area contributed by atoms with Crippen molar-refractivity contribution in [3.8, 4) is 34.0 Å². The molecule has 2 aromatic heterocycles. The van der Waals surface area contributed by atoms with E-state index in [0.29, 0.717) is 22.7 Å². The Hall–Kier alpha value is -4.19. The van der Waals surface area contributed by atoms with Gasteiger partial charge in [-0.15, -0.1) is 0 Å². The molecule has 2 aromatic carbocycles. The van der Waals surface area contributed by atoms with Crippen LogP contribution in [0.25, 0.3) is 22.5 Å². The maximum atomic E-state index is 6.27. The number of benzene rings is 2. The van der Waals surface area contributed by atoms with Gasteiger partial charge in [0.05, 0.1) is 17.1 Å². The third-order valence-electron chi connectivity index (χ3n) is 4.42. The van der Waals surface area contributed by atoms with Crippen molar-refractivity contribution in [1.29, 1.82) is 0 Å². The van der Waals surface area contributed by atoms with Crippen molar-refractivity contribution >= 4 is 11.5 Å². The molecule has 0 saturated carbocycles. The third kappa shape index (κ3) is 3.91. The van der Waals surface area contributed by atoms with E-state index in [9.17, 15) is 0 Å². The predicted octanol–water partition coefficient (Wildman–Crippen LogP) is 2.65. The number of ether oxygens (including phenoxy) is 1. The van der Waals surface area contributed by atoms with Crippen molar-refractivity contribution < 1.29 is 10.1 Å². The number of anilines is 1. The first kappa shape index (κ1) is 18.2. The SMILES string of the molecule is NC(=[NH2+])c1c(N)cc(-c2ccncc2)nc1-c1ccc(Oc2ccccc2)cc1. The fraction of sp³-hybridized carbons (Fsp3) is 0. The highest BCUT2D eigenvalue weighted by Gasteiger charge is 2.19. The Balaban J connectivity index is 1.75. The van der Waals surface area contributed by atoms with Crippen LogP contribution >= 0.6 is 0 Å². The molecule has 0 atom stereocenters. The number of hydrogen-bond acceptors (Lipinski definition) is 4. The molecule has 0 fully saturated rings. The molecule has 6 N–H and O–H groups in total. The van der Waals surface area contributed by atoms with Crippen molar-refractivity contribution in [3.63, 3.8) is 0 Å². The van der Waals surface area contributed by atoms with Gasteiger partial charge in [-0.1, -0.05) is 18.2 Å². The van der Waals surface area contributed by atoms with Crippen molar-refractivity contribution in [1.82, 2.24) is 9.97 Å².